The van der Waals surface area contributed by atoms with E-state index >= 15 is 0 Å². The molecule has 1 saturated carbocycles. The molecule has 0 saturated heterocycles. The number of nitrogens with zero attached hydrogens (tertiary/aromatic N) is 1. The summed E-state index contributed by atoms with van der Waals surface area (Å²) in [5.74, 6) is 0. The van der Waals surface area contributed by atoms with Crippen LogP contribution in [0.1, 0.15) is 32.1 Å². The van der Waals surface area contributed by atoms with Gasteiger partial charge in [-0.05, 0) is 46.3 Å². The number of likely N-dealkylation sites (N-methyl/N-ethyl adjacent to an activating group) is 1. The van der Waals surface area contributed by atoms with Gasteiger partial charge >= 0.3 is 6.18 Å². The van der Waals surface area contributed by atoms with E-state index in [4.69, 9.17) is 0 Å². The first kappa shape index (κ1) is 13.8. The van der Waals surface area contributed by atoms with Gasteiger partial charge in [0, 0.05) is 18.5 Å². The zero-order valence-corrected chi connectivity index (χ0v) is 10.0. The maximum absolute atomic E-state index is 11.9. The van der Waals surface area contributed by atoms with Crippen molar-refractivity contribution in [1.82, 2.24) is 10.2 Å². The van der Waals surface area contributed by atoms with E-state index in [9.17, 15) is 13.2 Å². The van der Waals surface area contributed by atoms with Gasteiger partial charge in [-0.1, -0.05) is 0 Å². The van der Waals surface area contributed by atoms with Crippen LogP contribution in [0.4, 0.5) is 13.2 Å². The molecular formula is C11H21F3N2. The Labute approximate surface area is 95.2 Å². The molecule has 1 N–H and O–H groups in total. The van der Waals surface area contributed by atoms with Gasteiger partial charge in [0.1, 0.15) is 0 Å². The molecule has 0 unspecified atom stereocenters. The van der Waals surface area contributed by atoms with Gasteiger partial charge in [0.15, 0.2) is 0 Å². The average molecular weight is 238 g/mol. The van der Waals surface area contributed by atoms with Gasteiger partial charge in [-0.3, -0.25) is 0 Å². The zero-order chi connectivity index (χ0) is 12.2. The molecule has 96 valence electrons. The van der Waals surface area contributed by atoms with Crippen LogP contribution in [0.15, 0.2) is 0 Å². The van der Waals surface area contributed by atoms with E-state index in [1.54, 1.807) is 0 Å². The van der Waals surface area contributed by atoms with Gasteiger partial charge in [-0.2, -0.15) is 13.2 Å². The molecule has 1 aliphatic carbocycles. The van der Waals surface area contributed by atoms with E-state index in [0.29, 0.717) is 6.54 Å². The maximum atomic E-state index is 11.9. The average Bonchev–Trinajstić information content (AvgIpc) is 2.05. The second-order valence-corrected chi connectivity index (χ2v) is 4.87. The highest BCUT2D eigenvalue weighted by Gasteiger charge is 2.38. The lowest BCUT2D eigenvalue weighted by Gasteiger charge is -2.47. The lowest BCUT2D eigenvalue weighted by atomic mass is 9.75. The van der Waals surface area contributed by atoms with Crippen molar-refractivity contribution in [2.24, 2.45) is 0 Å². The minimum Gasteiger partial charge on any atom is -0.315 e. The van der Waals surface area contributed by atoms with Crippen LogP contribution in [0.2, 0.25) is 0 Å². The van der Waals surface area contributed by atoms with Crippen molar-refractivity contribution in [1.29, 1.82) is 0 Å². The van der Waals surface area contributed by atoms with E-state index in [2.05, 4.69) is 10.2 Å². The molecule has 0 radical (unpaired) electrons. The number of hydrogen-bond donors (Lipinski definition) is 1. The largest absolute Gasteiger partial charge is 0.389 e. The molecule has 16 heavy (non-hydrogen) atoms. The third-order valence-corrected chi connectivity index (χ3v) is 3.50. The molecule has 0 aromatic carbocycles. The number of nitrogens with one attached hydrogen (secondary N) is 1. The van der Waals surface area contributed by atoms with E-state index in [1.807, 2.05) is 14.1 Å². The Morgan fingerprint density at radius 2 is 1.88 bits per heavy atom. The van der Waals surface area contributed by atoms with Crippen LogP contribution in [0.5, 0.6) is 0 Å². The Morgan fingerprint density at radius 1 is 1.25 bits per heavy atom. The van der Waals surface area contributed by atoms with Crippen LogP contribution in [0.3, 0.4) is 0 Å². The van der Waals surface area contributed by atoms with Gasteiger partial charge in [-0.15, -0.1) is 0 Å². The van der Waals surface area contributed by atoms with Crippen molar-refractivity contribution in [2.45, 2.75) is 43.8 Å². The summed E-state index contributed by atoms with van der Waals surface area (Å²) in [6.45, 7) is 1.26. The fraction of sp³-hybridized carbons (Fsp3) is 1.00. The predicted octanol–water partition coefficient (Wildman–Crippen LogP) is 2.40. The smallest absolute Gasteiger partial charge is 0.315 e. The quantitative estimate of drug-likeness (QED) is 0.715. The van der Waals surface area contributed by atoms with Crippen molar-refractivity contribution in [3.63, 3.8) is 0 Å². The predicted molar refractivity (Wildman–Crippen MR) is 58.4 cm³/mol. The topological polar surface area (TPSA) is 15.3 Å². The molecule has 0 aromatic rings. The number of hydrogen-bond acceptors (Lipinski definition) is 2. The summed E-state index contributed by atoms with van der Waals surface area (Å²) in [5, 5.41) is 3.14. The van der Waals surface area contributed by atoms with Crippen molar-refractivity contribution >= 4 is 0 Å². The molecule has 0 heterocycles. The maximum Gasteiger partial charge on any atom is 0.389 e. The molecule has 0 spiro atoms. The van der Waals surface area contributed by atoms with E-state index in [1.165, 1.54) is 6.42 Å². The van der Waals surface area contributed by atoms with Gasteiger partial charge in [0.05, 0.1) is 0 Å². The van der Waals surface area contributed by atoms with E-state index < -0.39 is 12.6 Å². The number of halogens is 3. The third-order valence-electron chi connectivity index (χ3n) is 3.50. The normalized spacial score (nSPS) is 19.9. The summed E-state index contributed by atoms with van der Waals surface area (Å²) in [6, 6.07) is 0. The lowest BCUT2D eigenvalue weighted by molar-refractivity contribution is -0.135. The number of alkyl halides is 3. The minimum absolute atomic E-state index is 0.174. The first-order valence-corrected chi connectivity index (χ1v) is 5.81. The van der Waals surface area contributed by atoms with Crippen molar-refractivity contribution < 1.29 is 13.2 Å². The molecule has 1 aliphatic rings. The van der Waals surface area contributed by atoms with Gasteiger partial charge in [-0.25, -0.2) is 0 Å². The summed E-state index contributed by atoms with van der Waals surface area (Å²) in [5.41, 5.74) is 0.193. The third kappa shape index (κ3) is 3.94. The van der Waals surface area contributed by atoms with Crippen LogP contribution in [-0.4, -0.2) is 43.8 Å². The Hall–Kier alpha value is -0.290. The highest BCUT2D eigenvalue weighted by Crippen LogP contribution is 2.35. The summed E-state index contributed by atoms with van der Waals surface area (Å²) in [6.07, 6.45) is -1.01. The highest BCUT2D eigenvalue weighted by molar-refractivity contribution is 4.97. The van der Waals surface area contributed by atoms with Crippen molar-refractivity contribution in [3.05, 3.63) is 0 Å². The Bertz CT molecular complexity index is 210. The molecule has 0 atom stereocenters. The molecule has 0 amide bonds. The van der Waals surface area contributed by atoms with Crippen molar-refractivity contribution in [2.75, 3.05) is 27.2 Å². The Kier molecular flexibility index (Phi) is 4.62. The van der Waals surface area contributed by atoms with Crippen LogP contribution >= 0.6 is 0 Å². The molecule has 1 fully saturated rings. The monoisotopic (exact) mass is 238 g/mol. The summed E-state index contributed by atoms with van der Waals surface area (Å²) >= 11 is 0. The molecule has 0 aromatic heterocycles. The van der Waals surface area contributed by atoms with Gasteiger partial charge in [0.2, 0.25) is 0 Å². The molecule has 0 bridgehead atoms. The first-order valence-electron chi connectivity index (χ1n) is 5.81. The number of rotatable bonds is 6. The van der Waals surface area contributed by atoms with Crippen LogP contribution in [0, 0.1) is 0 Å². The SMILES string of the molecule is CN(C)C1(CNCCCC(F)(F)F)CCC1. The fourth-order valence-corrected chi connectivity index (χ4v) is 2.10. The fourth-order valence-electron chi connectivity index (χ4n) is 2.10. The van der Waals surface area contributed by atoms with E-state index in [0.717, 1.165) is 19.4 Å². The highest BCUT2D eigenvalue weighted by atomic mass is 19.4. The van der Waals surface area contributed by atoms with Crippen LogP contribution in [0.25, 0.3) is 0 Å². The Balaban J connectivity index is 2.11. The molecule has 0 aliphatic heterocycles. The molecular weight excluding hydrogens is 217 g/mol. The minimum atomic E-state index is -4.02. The lowest BCUT2D eigenvalue weighted by Crippen LogP contribution is -2.56. The molecule has 1 rings (SSSR count). The second-order valence-electron chi connectivity index (χ2n) is 4.87. The first-order chi connectivity index (χ1) is 7.36. The van der Waals surface area contributed by atoms with E-state index in [-0.39, 0.29) is 12.0 Å². The van der Waals surface area contributed by atoms with Gasteiger partial charge < -0.3 is 10.2 Å². The zero-order valence-electron chi connectivity index (χ0n) is 10.0. The summed E-state index contributed by atoms with van der Waals surface area (Å²) in [7, 11) is 4.08. The van der Waals surface area contributed by atoms with Crippen LogP contribution in [-0.2, 0) is 0 Å². The summed E-state index contributed by atoms with van der Waals surface area (Å²) in [4.78, 5) is 2.19. The Morgan fingerprint density at radius 3 is 2.25 bits per heavy atom. The van der Waals surface area contributed by atoms with Crippen molar-refractivity contribution in [3.8, 4) is 0 Å². The van der Waals surface area contributed by atoms with Gasteiger partial charge in [0.25, 0.3) is 0 Å². The molecule has 5 heteroatoms. The van der Waals surface area contributed by atoms with Crippen LogP contribution < -0.4 is 5.32 Å². The summed E-state index contributed by atoms with van der Waals surface area (Å²) < 4.78 is 35.7. The second kappa shape index (κ2) is 5.36. The standard InChI is InChI=1S/C11H21F3N2/c1-16(2)10(5-3-6-10)9-15-8-4-7-11(12,13)14/h15H,3-9H2,1-2H3. The molecule has 2 nitrogen and oxygen atoms in total.